The molecule has 0 radical (unpaired) electrons. The third-order valence-electron chi connectivity index (χ3n) is 2.63. The van der Waals surface area contributed by atoms with Gasteiger partial charge in [0.15, 0.2) is 5.11 Å². The van der Waals surface area contributed by atoms with E-state index in [1.807, 2.05) is 30.1 Å². The summed E-state index contributed by atoms with van der Waals surface area (Å²) in [7, 11) is 1.96. The first kappa shape index (κ1) is 14.5. The van der Waals surface area contributed by atoms with Crippen LogP contribution in [-0.2, 0) is 6.54 Å². The fourth-order valence-corrected chi connectivity index (χ4v) is 1.76. The van der Waals surface area contributed by atoms with Crippen LogP contribution in [0.5, 0.6) is 0 Å². The van der Waals surface area contributed by atoms with Crippen LogP contribution < -0.4 is 5.32 Å². The summed E-state index contributed by atoms with van der Waals surface area (Å²) in [5.74, 6) is 0. The van der Waals surface area contributed by atoms with Crippen molar-refractivity contribution in [2.45, 2.75) is 26.3 Å². The molecule has 0 bridgehead atoms. The number of thiocarbonyl (C=S) groups is 1. The summed E-state index contributed by atoms with van der Waals surface area (Å²) in [6.07, 6.45) is 2.28. The standard InChI is InChI=1S/C14H19N3S/c1-3-4-8-16-14(18)17(2)11-13-7-5-6-12(9-13)10-15/h5-7,9H,3-4,8,11H2,1-2H3,(H,16,18). The van der Waals surface area contributed by atoms with Gasteiger partial charge in [0.05, 0.1) is 11.6 Å². The molecular weight excluding hydrogens is 242 g/mol. The Labute approximate surface area is 114 Å². The summed E-state index contributed by atoms with van der Waals surface area (Å²) in [6.45, 7) is 3.78. The smallest absolute Gasteiger partial charge is 0.168 e. The van der Waals surface area contributed by atoms with E-state index in [1.165, 1.54) is 0 Å². The molecular formula is C14H19N3S. The summed E-state index contributed by atoms with van der Waals surface area (Å²) in [6, 6.07) is 9.75. The second-order valence-corrected chi connectivity index (χ2v) is 4.64. The summed E-state index contributed by atoms with van der Waals surface area (Å²) < 4.78 is 0. The van der Waals surface area contributed by atoms with Crippen LogP contribution in [0, 0.1) is 11.3 Å². The third kappa shape index (κ3) is 4.72. The molecule has 0 amide bonds. The van der Waals surface area contributed by atoms with Crippen LogP contribution >= 0.6 is 12.2 Å². The van der Waals surface area contributed by atoms with Crippen molar-refractivity contribution in [3.8, 4) is 6.07 Å². The van der Waals surface area contributed by atoms with Crippen LogP contribution in [0.1, 0.15) is 30.9 Å². The molecule has 4 heteroatoms. The van der Waals surface area contributed by atoms with Gasteiger partial charge in [-0.3, -0.25) is 0 Å². The van der Waals surface area contributed by atoms with E-state index in [1.54, 1.807) is 6.07 Å². The minimum atomic E-state index is 0.686. The Morgan fingerprint density at radius 2 is 2.28 bits per heavy atom. The van der Waals surface area contributed by atoms with E-state index in [4.69, 9.17) is 17.5 Å². The van der Waals surface area contributed by atoms with Gasteiger partial charge in [-0.15, -0.1) is 0 Å². The number of rotatable bonds is 5. The van der Waals surface area contributed by atoms with Crippen molar-refractivity contribution in [3.63, 3.8) is 0 Å². The van der Waals surface area contributed by atoms with E-state index >= 15 is 0 Å². The van der Waals surface area contributed by atoms with Gasteiger partial charge in [-0.25, -0.2) is 0 Å². The first-order valence-corrected chi connectivity index (χ1v) is 6.56. The molecule has 0 aromatic heterocycles. The van der Waals surface area contributed by atoms with E-state index in [2.05, 4.69) is 18.3 Å². The van der Waals surface area contributed by atoms with E-state index in [9.17, 15) is 0 Å². The van der Waals surface area contributed by atoms with Crippen LogP contribution in [0.3, 0.4) is 0 Å². The first-order chi connectivity index (χ1) is 8.67. The van der Waals surface area contributed by atoms with Crippen LogP contribution in [0.15, 0.2) is 24.3 Å². The second kappa shape index (κ2) is 7.67. The monoisotopic (exact) mass is 261 g/mol. The lowest BCUT2D eigenvalue weighted by Gasteiger charge is -2.21. The molecule has 1 aromatic carbocycles. The number of nitriles is 1. The van der Waals surface area contributed by atoms with Gasteiger partial charge >= 0.3 is 0 Å². The van der Waals surface area contributed by atoms with Crippen molar-refractivity contribution < 1.29 is 0 Å². The van der Waals surface area contributed by atoms with Gasteiger partial charge in [-0.1, -0.05) is 25.5 Å². The minimum Gasteiger partial charge on any atom is -0.363 e. The van der Waals surface area contributed by atoms with Gasteiger partial charge in [-0.2, -0.15) is 5.26 Å². The van der Waals surface area contributed by atoms with Gasteiger partial charge < -0.3 is 10.2 Å². The molecule has 96 valence electrons. The van der Waals surface area contributed by atoms with E-state index < -0.39 is 0 Å². The average Bonchev–Trinajstić information content (AvgIpc) is 2.39. The average molecular weight is 261 g/mol. The maximum Gasteiger partial charge on any atom is 0.168 e. The molecule has 0 aliphatic carbocycles. The van der Waals surface area contributed by atoms with Gasteiger partial charge in [0.1, 0.15) is 0 Å². The number of hydrogen-bond donors (Lipinski definition) is 1. The van der Waals surface area contributed by atoms with Crippen LogP contribution in [0.2, 0.25) is 0 Å². The molecule has 0 atom stereocenters. The quantitative estimate of drug-likeness (QED) is 0.653. The second-order valence-electron chi connectivity index (χ2n) is 4.25. The predicted octanol–water partition coefficient (Wildman–Crippen LogP) is 2.66. The van der Waals surface area contributed by atoms with Gasteiger partial charge in [-0.05, 0) is 36.3 Å². The van der Waals surface area contributed by atoms with Crippen molar-refractivity contribution >= 4 is 17.3 Å². The number of hydrogen-bond acceptors (Lipinski definition) is 2. The Morgan fingerprint density at radius 1 is 1.50 bits per heavy atom. The van der Waals surface area contributed by atoms with Crippen LogP contribution in [0.25, 0.3) is 0 Å². The highest BCUT2D eigenvalue weighted by Crippen LogP contribution is 2.07. The maximum absolute atomic E-state index is 8.85. The topological polar surface area (TPSA) is 39.1 Å². The molecule has 0 heterocycles. The van der Waals surface area contributed by atoms with Crippen molar-refractivity contribution in [3.05, 3.63) is 35.4 Å². The van der Waals surface area contributed by atoms with E-state index in [0.717, 1.165) is 30.1 Å². The number of benzene rings is 1. The van der Waals surface area contributed by atoms with Crippen molar-refractivity contribution in [2.75, 3.05) is 13.6 Å². The van der Waals surface area contributed by atoms with E-state index in [0.29, 0.717) is 12.1 Å². The SMILES string of the molecule is CCCCNC(=S)N(C)Cc1cccc(C#N)c1. The number of unbranched alkanes of at least 4 members (excludes halogenated alkanes) is 1. The minimum absolute atomic E-state index is 0.686. The molecule has 0 aliphatic rings. The van der Waals surface area contributed by atoms with Crippen molar-refractivity contribution in [2.24, 2.45) is 0 Å². The highest BCUT2D eigenvalue weighted by molar-refractivity contribution is 7.80. The Morgan fingerprint density at radius 3 is 2.94 bits per heavy atom. The molecule has 0 spiro atoms. The summed E-state index contributed by atoms with van der Waals surface area (Å²) in [5, 5.41) is 12.8. The number of nitrogens with one attached hydrogen (secondary N) is 1. The molecule has 1 rings (SSSR count). The van der Waals surface area contributed by atoms with Gasteiger partial charge in [0, 0.05) is 20.1 Å². The molecule has 0 saturated heterocycles. The lowest BCUT2D eigenvalue weighted by Crippen LogP contribution is -2.36. The molecule has 0 unspecified atom stereocenters. The Hall–Kier alpha value is -1.60. The Balaban J connectivity index is 2.50. The fraction of sp³-hybridized carbons (Fsp3) is 0.429. The lowest BCUT2D eigenvalue weighted by molar-refractivity contribution is 0.487. The molecule has 0 saturated carbocycles. The summed E-state index contributed by atoms with van der Waals surface area (Å²) >= 11 is 5.30. The van der Waals surface area contributed by atoms with E-state index in [-0.39, 0.29) is 0 Å². The normalized spacial score (nSPS) is 9.61. The lowest BCUT2D eigenvalue weighted by atomic mass is 10.1. The zero-order valence-corrected chi connectivity index (χ0v) is 11.8. The van der Waals surface area contributed by atoms with Gasteiger partial charge in [0.25, 0.3) is 0 Å². The fourth-order valence-electron chi connectivity index (χ4n) is 1.59. The molecule has 0 aliphatic heterocycles. The molecule has 0 fully saturated rings. The van der Waals surface area contributed by atoms with Crippen LogP contribution in [-0.4, -0.2) is 23.6 Å². The Bertz CT molecular complexity index is 437. The highest BCUT2D eigenvalue weighted by atomic mass is 32.1. The Kier molecular flexibility index (Phi) is 6.16. The molecule has 1 N–H and O–H groups in total. The first-order valence-electron chi connectivity index (χ1n) is 6.15. The highest BCUT2D eigenvalue weighted by Gasteiger charge is 2.04. The summed E-state index contributed by atoms with van der Waals surface area (Å²) in [4.78, 5) is 1.99. The number of nitrogens with zero attached hydrogens (tertiary/aromatic N) is 2. The third-order valence-corrected chi connectivity index (χ3v) is 3.09. The van der Waals surface area contributed by atoms with Crippen molar-refractivity contribution in [1.82, 2.24) is 10.2 Å². The largest absolute Gasteiger partial charge is 0.363 e. The van der Waals surface area contributed by atoms with Crippen molar-refractivity contribution in [1.29, 1.82) is 5.26 Å². The van der Waals surface area contributed by atoms with Gasteiger partial charge in [0.2, 0.25) is 0 Å². The molecule has 18 heavy (non-hydrogen) atoms. The molecule has 1 aromatic rings. The predicted molar refractivity (Wildman–Crippen MR) is 78.1 cm³/mol. The zero-order valence-electron chi connectivity index (χ0n) is 10.9. The summed E-state index contributed by atoms with van der Waals surface area (Å²) in [5.41, 5.74) is 1.78. The zero-order chi connectivity index (χ0) is 13.4. The van der Waals surface area contributed by atoms with Crippen LogP contribution in [0.4, 0.5) is 0 Å². The maximum atomic E-state index is 8.85. The molecule has 3 nitrogen and oxygen atoms in total.